The van der Waals surface area contributed by atoms with E-state index in [1.165, 1.54) is 5.56 Å². The van der Waals surface area contributed by atoms with Gasteiger partial charge in [0.15, 0.2) is 0 Å². The molecular weight excluding hydrogens is 176 g/mol. The topological polar surface area (TPSA) is 58.6 Å². The Kier molecular flexibility index (Phi) is 1.95. The fourth-order valence-corrected chi connectivity index (χ4v) is 1.79. The van der Waals surface area contributed by atoms with Crippen molar-refractivity contribution in [3.63, 3.8) is 0 Å². The van der Waals surface area contributed by atoms with Crippen LogP contribution in [0.25, 0.3) is 0 Å². The lowest BCUT2D eigenvalue weighted by molar-refractivity contribution is 0.315. The number of hydrogen-bond acceptors (Lipinski definition) is 2. The van der Waals surface area contributed by atoms with Crippen molar-refractivity contribution in [2.24, 2.45) is 10.9 Å². The Labute approximate surface area is 83.2 Å². The zero-order valence-corrected chi connectivity index (χ0v) is 8.20. The van der Waals surface area contributed by atoms with Crippen LogP contribution in [0, 0.1) is 6.92 Å². The van der Waals surface area contributed by atoms with Gasteiger partial charge in [-0.15, -0.1) is 0 Å². The van der Waals surface area contributed by atoms with E-state index in [0.29, 0.717) is 5.84 Å². The number of hydrogen-bond donors (Lipinski definition) is 2. The molecule has 1 aromatic carbocycles. The Morgan fingerprint density at radius 2 is 1.93 bits per heavy atom. The zero-order chi connectivity index (χ0) is 10.2. The Hall–Kier alpha value is -1.51. The minimum Gasteiger partial charge on any atom is -0.409 e. The highest BCUT2D eigenvalue weighted by Crippen LogP contribution is 2.48. The van der Waals surface area contributed by atoms with Gasteiger partial charge in [0.25, 0.3) is 0 Å². The number of nitrogens with zero attached hydrogens (tertiary/aromatic N) is 1. The molecule has 0 unspecified atom stereocenters. The van der Waals surface area contributed by atoms with Crippen molar-refractivity contribution in [3.05, 3.63) is 35.4 Å². The Morgan fingerprint density at radius 3 is 2.36 bits per heavy atom. The fraction of sp³-hybridized carbons (Fsp3) is 0.364. The average molecular weight is 190 g/mol. The molecule has 14 heavy (non-hydrogen) atoms. The summed E-state index contributed by atoms with van der Waals surface area (Å²) in [6.45, 7) is 2.05. The highest BCUT2D eigenvalue weighted by Gasteiger charge is 2.48. The molecule has 1 fully saturated rings. The molecule has 0 radical (unpaired) electrons. The summed E-state index contributed by atoms with van der Waals surface area (Å²) in [4.78, 5) is 0. The van der Waals surface area contributed by atoms with Gasteiger partial charge in [0.05, 0.1) is 5.41 Å². The monoisotopic (exact) mass is 190 g/mol. The van der Waals surface area contributed by atoms with E-state index in [2.05, 4.69) is 29.4 Å². The standard InChI is InChI=1S/C11H14N2O/c1-8-2-4-9(5-3-8)11(6-7-11)10(12)13-14/h2-5,14H,6-7H2,1H3,(H2,12,13). The first-order valence-corrected chi connectivity index (χ1v) is 4.74. The molecule has 74 valence electrons. The van der Waals surface area contributed by atoms with Crippen molar-refractivity contribution in [2.45, 2.75) is 25.2 Å². The molecular formula is C11H14N2O. The van der Waals surface area contributed by atoms with Gasteiger partial charge in [-0.05, 0) is 25.3 Å². The number of oxime groups is 1. The molecule has 0 heterocycles. The second-order valence-corrected chi connectivity index (χ2v) is 3.93. The van der Waals surface area contributed by atoms with Crippen LogP contribution in [0.3, 0.4) is 0 Å². The Balaban J connectivity index is 2.36. The Morgan fingerprint density at radius 1 is 1.36 bits per heavy atom. The van der Waals surface area contributed by atoms with Crippen molar-refractivity contribution in [3.8, 4) is 0 Å². The van der Waals surface area contributed by atoms with Crippen LogP contribution in [-0.4, -0.2) is 11.0 Å². The summed E-state index contributed by atoms with van der Waals surface area (Å²) in [5.41, 5.74) is 7.88. The molecule has 0 spiro atoms. The third-order valence-electron chi connectivity index (χ3n) is 2.95. The average Bonchev–Trinajstić information content (AvgIpc) is 2.99. The normalized spacial score (nSPS) is 19.4. The van der Waals surface area contributed by atoms with E-state index < -0.39 is 0 Å². The summed E-state index contributed by atoms with van der Waals surface area (Å²) in [5.74, 6) is 0.335. The fourth-order valence-electron chi connectivity index (χ4n) is 1.79. The molecule has 0 bridgehead atoms. The first kappa shape index (κ1) is 9.06. The summed E-state index contributed by atoms with van der Waals surface area (Å²) in [7, 11) is 0. The summed E-state index contributed by atoms with van der Waals surface area (Å²) >= 11 is 0. The van der Waals surface area contributed by atoms with Crippen molar-refractivity contribution in [1.82, 2.24) is 0 Å². The third kappa shape index (κ3) is 1.25. The number of nitrogens with two attached hydrogens (primary N) is 1. The van der Waals surface area contributed by atoms with Crippen LogP contribution in [0.1, 0.15) is 24.0 Å². The van der Waals surface area contributed by atoms with Crippen molar-refractivity contribution in [2.75, 3.05) is 0 Å². The summed E-state index contributed by atoms with van der Waals surface area (Å²) in [6, 6.07) is 8.22. The highest BCUT2D eigenvalue weighted by molar-refractivity contribution is 5.94. The molecule has 1 saturated carbocycles. The van der Waals surface area contributed by atoms with Crippen molar-refractivity contribution >= 4 is 5.84 Å². The number of aryl methyl sites for hydroxylation is 1. The SMILES string of the molecule is Cc1ccc(C2(C(N)=NO)CC2)cc1. The smallest absolute Gasteiger partial charge is 0.149 e. The van der Waals surface area contributed by atoms with Gasteiger partial charge in [-0.25, -0.2) is 0 Å². The Bertz CT molecular complexity index is 363. The molecule has 0 saturated heterocycles. The number of amidine groups is 1. The second kappa shape index (κ2) is 3.01. The molecule has 0 amide bonds. The van der Waals surface area contributed by atoms with Gasteiger partial charge >= 0.3 is 0 Å². The molecule has 3 heteroatoms. The van der Waals surface area contributed by atoms with E-state index in [9.17, 15) is 0 Å². The first-order chi connectivity index (χ1) is 6.69. The molecule has 3 nitrogen and oxygen atoms in total. The van der Waals surface area contributed by atoms with Gasteiger partial charge in [-0.3, -0.25) is 0 Å². The van der Waals surface area contributed by atoms with Crippen LogP contribution in [0.15, 0.2) is 29.4 Å². The second-order valence-electron chi connectivity index (χ2n) is 3.93. The summed E-state index contributed by atoms with van der Waals surface area (Å²) < 4.78 is 0. The van der Waals surface area contributed by atoms with Crippen LogP contribution in [0.4, 0.5) is 0 Å². The predicted molar refractivity (Wildman–Crippen MR) is 55.5 cm³/mol. The lowest BCUT2D eigenvalue weighted by Crippen LogP contribution is -2.28. The largest absolute Gasteiger partial charge is 0.409 e. The van der Waals surface area contributed by atoms with E-state index in [1.807, 2.05) is 6.92 Å². The summed E-state index contributed by atoms with van der Waals surface area (Å²) in [6.07, 6.45) is 1.96. The molecule has 1 aliphatic carbocycles. The molecule has 1 aliphatic rings. The predicted octanol–water partition coefficient (Wildman–Crippen LogP) is 1.77. The minimum atomic E-state index is -0.178. The van der Waals surface area contributed by atoms with Crippen molar-refractivity contribution < 1.29 is 5.21 Å². The molecule has 0 atom stereocenters. The van der Waals surface area contributed by atoms with E-state index in [-0.39, 0.29) is 5.41 Å². The van der Waals surface area contributed by atoms with Crippen molar-refractivity contribution in [1.29, 1.82) is 0 Å². The molecule has 3 N–H and O–H groups in total. The minimum absolute atomic E-state index is 0.178. The zero-order valence-electron chi connectivity index (χ0n) is 8.20. The molecule has 0 aromatic heterocycles. The van der Waals surface area contributed by atoms with Gasteiger partial charge in [-0.1, -0.05) is 35.0 Å². The van der Waals surface area contributed by atoms with Gasteiger partial charge in [0.2, 0.25) is 0 Å². The van der Waals surface area contributed by atoms with Crippen LogP contribution in [-0.2, 0) is 5.41 Å². The maximum atomic E-state index is 8.69. The quantitative estimate of drug-likeness (QED) is 0.323. The van der Waals surface area contributed by atoms with E-state index in [4.69, 9.17) is 10.9 Å². The first-order valence-electron chi connectivity index (χ1n) is 4.74. The highest BCUT2D eigenvalue weighted by atomic mass is 16.4. The summed E-state index contributed by atoms with van der Waals surface area (Å²) in [5, 5.41) is 11.8. The van der Waals surface area contributed by atoms with E-state index in [0.717, 1.165) is 18.4 Å². The van der Waals surface area contributed by atoms with E-state index in [1.54, 1.807) is 0 Å². The molecule has 0 aliphatic heterocycles. The lowest BCUT2D eigenvalue weighted by atomic mass is 9.94. The maximum absolute atomic E-state index is 8.69. The number of benzene rings is 1. The lowest BCUT2D eigenvalue weighted by Gasteiger charge is -2.13. The van der Waals surface area contributed by atoms with Gasteiger partial charge in [0.1, 0.15) is 5.84 Å². The molecule has 1 aromatic rings. The molecule has 2 rings (SSSR count). The van der Waals surface area contributed by atoms with E-state index >= 15 is 0 Å². The van der Waals surface area contributed by atoms with Gasteiger partial charge in [0, 0.05) is 0 Å². The van der Waals surface area contributed by atoms with Gasteiger partial charge < -0.3 is 10.9 Å². The van der Waals surface area contributed by atoms with Crippen LogP contribution < -0.4 is 5.73 Å². The third-order valence-corrected chi connectivity index (χ3v) is 2.95. The van der Waals surface area contributed by atoms with Crippen LogP contribution in [0.2, 0.25) is 0 Å². The van der Waals surface area contributed by atoms with Crippen LogP contribution in [0.5, 0.6) is 0 Å². The number of rotatable bonds is 2. The van der Waals surface area contributed by atoms with Crippen LogP contribution >= 0.6 is 0 Å². The van der Waals surface area contributed by atoms with Gasteiger partial charge in [-0.2, -0.15) is 0 Å². The maximum Gasteiger partial charge on any atom is 0.149 e.